The number of halogens is 1. The Bertz CT molecular complexity index is 784. The van der Waals surface area contributed by atoms with Gasteiger partial charge in [-0.05, 0) is 49.2 Å². The van der Waals surface area contributed by atoms with Gasteiger partial charge in [-0.25, -0.2) is 5.43 Å². The smallest absolute Gasteiger partial charge is 0.250 e. The molecule has 0 saturated heterocycles. The van der Waals surface area contributed by atoms with Crippen LogP contribution < -0.4 is 14.9 Å². The van der Waals surface area contributed by atoms with Gasteiger partial charge in [0.2, 0.25) is 5.91 Å². The fourth-order valence-electron chi connectivity index (χ4n) is 2.23. The second-order valence-corrected chi connectivity index (χ2v) is 7.29. The SMILES string of the molecule is CCOc1ccc(/C=N/NC(=O)CSCc2ccccc2Br)cc1OCC. The number of thioether (sulfide) groups is 1. The van der Waals surface area contributed by atoms with Crippen molar-refractivity contribution in [2.45, 2.75) is 19.6 Å². The van der Waals surface area contributed by atoms with Crippen LogP contribution in [-0.2, 0) is 10.5 Å². The highest BCUT2D eigenvalue weighted by Crippen LogP contribution is 2.28. The van der Waals surface area contributed by atoms with E-state index < -0.39 is 0 Å². The number of hydrogen-bond donors (Lipinski definition) is 1. The third kappa shape index (κ3) is 7.27. The fraction of sp³-hybridized carbons (Fsp3) is 0.300. The van der Waals surface area contributed by atoms with E-state index in [1.807, 2.05) is 56.3 Å². The number of carbonyl (C=O) groups excluding carboxylic acids is 1. The topological polar surface area (TPSA) is 59.9 Å². The second kappa shape index (κ2) is 11.7. The van der Waals surface area contributed by atoms with E-state index in [2.05, 4.69) is 26.5 Å². The number of rotatable bonds is 10. The van der Waals surface area contributed by atoms with Gasteiger partial charge in [0.1, 0.15) is 0 Å². The molecule has 7 heteroatoms. The molecule has 0 saturated carbocycles. The minimum Gasteiger partial charge on any atom is -0.490 e. The molecule has 0 aliphatic heterocycles. The largest absolute Gasteiger partial charge is 0.490 e. The lowest BCUT2D eigenvalue weighted by Gasteiger charge is -2.11. The quantitative estimate of drug-likeness (QED) is 0.423. The maximum atomic E-state index is 11.9. The van der Waals surface area contributed by atoms with Crippen molar-refractivity contribution in [2.24, 2.45) is 5.10 Å². The first-order valence-corrected chi connectivity index (χ1v) is 10.6. The van der Waals surface area contributed by atoms with Crippen LogP contribution in [0, 0.1) is 0 Å². The van der Waals surface area contributed by atoms with Crippen molar-refractivity contribution in [1.82, 2.24) is 5.43 Å². The lowest BCUT2D eigenvalue weighted by atomic mass is 10.2. The number of nitrogens with zero attached hydrogens (tertiary/aromatic N) is 1. The van der Waals surface area contributed by atoms with Gasteiger partial charge in [-0.3, -0.25) is 4.79 Å². The number of nitrogens with one attached hydrogen (secondary N) is 1. The number of hydrazone groups is 1. The summed E-state index contributed by atoms with van der Waals surface area (Å²) in [5.74, 6) is 2.32. The monoisotopic (exact) mass is 450 g/mol. The zero-order valence-corrected chi connectivity index (χ0v) is 17.8. The van der Waals surface area contributed by atoms with E-state index >= 15 is 0 Å². The van der Waals surface area contributed by atoms with Crippen LogP contribution >= 0.6 is 27.7 Å². The Morgan fingerprint density at radius 3 is 2.63 bits per heavy atom. The molecule has 0 atom stereocenters. The van der Waals surface area contributed by atoms with Crippen molar-refractivity contribution in [1.29, 1.82) is 0 Å². The van der Waals surface area contributed by atoms with E-state index in [0.717, 1.165) is 21.4 Å². The maximum absolute atomic E-state index is 11.9. The Kier molecular flexibility index (Phi) is 9.21. The first kappa shape index (κ1) is 21.3. The second-order valence-electron chi connectivity index (χ2n) is 5.45. The van der Waals surface area contributed by atoms with Crippen molar-refractivity contribution >= 4 is 39.8 Å². The molecule has 0 spiro atoms. The lowest BCUT2D eigenvalue weighted by Crippen LogP contribution is -2.19. The molecule has 27 heavy (non-hydrogen) atoms. The lowest BCUT2D eigenvalue weighted by molar-refractivity contribution is -0.118. The van der Waals surface area contributed by atoms with E-state index in [1.165, 1.54) is 11.8 Å². The summed E-state index contributed by atoms with van der Waals surface area (Å²) < 4.78 is 12.2. The highest BCUT2D eigenvalue weighted by molar-refractivity contribution is 9.10. The van der Waals surface area contributed by atoms with Gasteiger partial charge in [-0.15, -0.1) is 11.8 Å². The molecule has 144 valence electrons. The molecule has 0 bridgehead atoms. The Labute approximate surface area is 172 Å². The molecule has 2 aromatic carbocycles. The minimum atomic E-state index is -0.140. The van der Waals surface area contributed by atoms with Crippen LogP contribution in [0.4, 0.5) is 0 Å². The van der Waals surface area contributed by atoms with Crippen LogP contribution in [0.1, 0.15) is 25.0 Å². The van der Waals surface area contributed by atoms with Gasteiger partial charge in [0, 0.05) is 10.2 Å². The number of amides is 1. The average molecular weight is 451 g/mol. The van der Waals surface area contributed by atoms with E-state index in [9.17, 15) is 4.79 Å². The van der Waals surface area contributed by atoms with Crippen molar-refractivity contribution < 1.29 is 14.3 Å². The van der Waals surface area contributed by atoms with Gasteiger partial charge in [-0.2, -0.15) is 5.10 Å². The number of carbonyl (C=O) groups is 1. The first-order valence-electron chi connectivity index (χ1n) is 8.66. The molecule has 0 heterocycles. The Morgan fingerprint density at radius 1 is 1.15 bits per heavy atom. The van der Waals surface area contributed by atoms with Gasteiger partial charge in [0.25, 0.3) is 0 Å². The summed E-state index contributed by atoms with van der Waals surface area (Å²) in [4.78, 5) is 11.9. The average Bonchev–Trinajstić information content (AvgIpc) is 2.66. The molecular weight excluding hydrogens is 428 g/mol. The zero-order valence-electron chi connectivity index (χ0n) is 15.4. The van der Waals surface area contributed by atoms with Crippen molar-refractivity contribution in [2.75, 3.05) is 19.0 Å². The Balaban J connectivity index is 1.82. The van der Waals surface area contributed by atoms with Gasteiger partial charge in [0.05, 0.1) is 25.2 Å². The molecule has 2 aromatic rings. The van der Waals surface area contributed by atoms with Crippen LogP contribution in [0.25, 0.3) is 0 Å². The molecule has 0 unspecified atom stereocenters. The predicted octanol–water partition coefficient (Wildman–Crippen LogP) is 4.63. The van der Waals surface area contributed by atoms with Crippen LogP contribution in [0.5, 0.6) is 11.5 Å². The highest BCUT2D eigenvalue weighted by atomic mass is 79.9. The summed E-state index contributed by atoms with van der Waals surface area (Å²) in [6.45, 7) is 4.96. The summed E-state index contributed by atoms with van der Waals surface area (Å²) >= 11 is 5.05. The molecule has 0 radical (unpaired) electrons. The molecular formula is C20H23BrN2O3S. The molecule has 2 rings (SSSR count). The number of ether oxygens (including phenoxy) is 2. The number of benzene rings is 2. The van der Waals surface area contributed by atoms with Crippen molar-refractivity contribution in [3.63, 3.8) is 0 Å². The molecule has 0 aliphatic rings. The van der Waals surface area contributed by atoms with Gasteiger partial charge < -0.3 is 9.47 Å². The summed E-state index contributed by atoms with van der Waals surface area (Å²) in [6, 6.07) is 13.5. The highest BCUT2D eigenvalue weighted by Gasteiger charge is 2.06. The summed E-state index contributed by atoms with van der Waals surface area (Å²) in [5.41, 5.74) is 4.54. The minimum absolute atomic E-state index is 0.140. The van der Waals surface area contributed by atoms with Gasteiger partial charge >= 0.3 is 0 Å². The van der Waals surface area contributed by atoms with Crippen molar-refractivity contribution in [3.8, 4) is 11.5 Å². The fourth-order valence-corrected chi connectivity index (χ4v) is 3.66. The molecule has 0 aromatic heterocycles. The molecule has 5 nitrogen and oxygen atoms in total. The molecule has 0 aliphatic carbocycles. The third-order valence-corrected chi connectivity index (χ3v) is 5.17. The molecule has 1 amide bonds. The molecule has 0 fully saturated rings. The van der Waals surface area contributed by atoms with E-state index in [0.29, 0.717) is 30.5 Å². The molecule has 1 N–H and O–H groups in total. The Hall–Kier alpha value is -1.99. The zero-order chi connectivity index (χ0) is 19.5. The van der Waals surface area contributed by atoms with Crippen LogP contribution in [0.3, 0.4) is 0 Å². The van der Waals surface area contributed by atoms with E-state index in [1.54, 1.807) is 6.21 Å². The Morgan fingerprint density at radius 2 is 1.89 bits per heavy atom. The van der Waals surface area contributed by atoms with Crippen molar-refractivity contribution in [3.05, 3.63) is 58.1 Å². The predicted molar refractivity (Wildman–Crippen MR) is 115 cm³/mol. The summed E-state index contributed by atoms with van der Waals surface area (Å²) in [6.07, 6.45) is 1.59. The third-order valence-electron chi connectivity index (χ3n) is 3.42. The standard InChI is InChI=1S/C20H23BrN2O3S/c1-3-25-18-10-9-15(11-19(18)26-4-2)12-22-23-20(24)14-27-13-16-7-5-6-8-17(16)21/h5-12H,3-4,13-14H2,1-2H3,(H,23,24)/b22-12+. The van der Waals surface area contributed by atoms with Gasteiger partial charge in [0.15, 0.2) is 11.5 Å². The van der Waals surface area contributed by atoms with Crippen LogP contribution in [0.15, 0.2) is 52.0 Å². The van der Waals surface area contributed by atoms with Crippen LogP contribution in [0.2, 0.25) is 0 Å². The van der Waals surface area contributed by atoms with E-state index in [4.69, 9.17) is 9.47 Å². The maximum Gasteiger partial charge on any atom is 0.250 e. The van der Waals surface area contributed by atoms with E-state index in [-0.39, 0.29) is 5.91 Å². The van der Waals surface area contributed by atoms with Crippen LogP contribution in [-0.4, -0.2) is 31.1 Å². The normalized spacial score (nSPS) is 10.8. The summed E-state index contributed by atoms with van der Waals surface area (Å²) in [7, 11) is 0. The summed E-state index contributed by atoms with van der Waals surface area (Å²) in [5, 5.41) is 4.02. The first-order chi connectivity index (χ1) is 13.1. The van der Waals surface area contributed by atoms with Gasteiger partial charge in [-0.1, -0.05) is 34.1 Å². The number of hydrogen-bond acceptors (Lipinski definition) is 5.